The van der Waals surface area contributed by atoms with Crippen LogP contribution in [0.3, 0.4) is 0 Å². The molecule has 0 aliphatic carbocycles. The normalized spacial score (nSPS) is 13.4. The number of hydrogen-bond donors (Lipinski definition) is 0. The van der Waals surface area contributed by atoms with Crippen molar-refractivity contribution in [3.63, 3.8) is 0 Å². The van der Waals surface area contributed by atoms with Crippen LogP contribution in [-0.2, 0) is 0 Å². The molecule has 48 heavy (non-hydrogen) atoms. The third-order valence-corrected chi connectivity index (χ3v) is 10.3. The zero-order chi connectivity index (χ0) is 31.6. The highest BCUT2D eigenvalue weighted by Crippen LogP contribution is 2.41. The highest BCUT2D eigenvalue weighted by Gasteiger charge is 2.32. The number of fused-ring (bicyclic) bond motifs is 9. The van der Waals surface area contributed by atoms with E-state index in [4.69, 9.17) is 0 Å². The van der Waals surface area contributed by atoms with Crippen LogP contribution in [0, 0.1) is 0 Å². The lowest BCUT2D eigenvalue weighted by Crippen LogP contribution is -2.48. The van der Waals surface area contributed by atoms with Gasteiger partial charge in [0.05, 0.1) is 0 Å². The third-order valence-electron chi connectivity index (χ3n) is 10.3. The Labute approximate surface area is 279 Å². The van der Waals surface area contributed by atoms with Crippen molar-refractivity contribution in [2.75, 3.05) is 4.81 Å². The van der Waals surface area contributed by atoms with Gasteiger partial charge in [0.15, 0.2) is 0 Å². The lowest BCUT2D eigenvalue weighted by atomic mass is 9.51. The van der Waals surface area contributed by atoms with E-state index >= 15 is 0 Å². The molecule has 0 saturated carbocycles. The van der Waals surface area contributed by atoms with Crippen LogP contribution in [0.1, 0.15) is 5.56 Å². The summed E-state index contributed by atoms with van der Waals surface area (Å²) in [6.45, 7) is -0.0253. The zero-order valence-corrected chi connectivity index (χ0v) is 26.3. The minimum atomic E-state index is -0.0253. The Morgan fingerprint density at radius 1 is 0.354 bits per heavy atom. The molecule has 1 aliphatic rings. The zero-order valence-electron chi connectivity index (χ0n) is 26.3. The van der Waals surface area contributed by atoms with Gasteiger partial charge in [-0.1, -0.05) is 170 Å². The van der Waals surface area contributed by atoms with Crippen LogP contribution >= 0.6 is 0 Å². The summed E-state index contributed by atoms with van der Waals surface area (Å²) in [6, 6.07) is 60.3. The van der Waals surface area contributed by atoms with Crippen molar-refractivity contribution < 1.29 is 0 Å². The molecule has 1 nitrogen and oxygen atoms in total. The van der Waals surface area contributed by atoms with E-state index in [-0.39, 0.29) is 6.85 Å². The van der Waals surface area contributed by atoms with Gasteiger partial charge in [0, 0.05) is 22.3 Å². The molecule has 9 aromatic carbocycles. The maximum absolute atomic E-state index is 2.59. The van der Waals surface area contributed by atoms with Crippen LogP contribution in [0.4, 0.5) is 5.69 Å². The second kappa shape index (κ2) is 10.7. The molecule has 10 rings (SSSR count). The minimum Gasteiger partial charge on any atom is -0.376 e. The number of benzene rings is 9. The summed E-state index contributed by atoms with van der Waals surface area (Å²) in [7, 11) is 0. The predicted molar refractivity (Wildman–Crippen MR) is 209 cm³/mol. The Hall–Kier alpha value is -6.12. The average molecular weight is 608 g/mol. The summed E-state index contributed by atoms with van der Waals surface area (Å²) in [4.78, 5) is 2.59. The van der Waals surface area contributed by atoms with E-state index in [1.807, 2.05) is 0 Å². The van der Waals surface area contributed by atoms with Gasteiger partial charge in [-0.15, -0.1) is 0 Å². The molecule has 0 saturated heterocycles. The number of rotatable bonds is 3. The van der Waals surface area contributed by atoms with Crippen molar-refractivity contribution in [3.8, 4) is 0 Å². The lowest BCUT2D eigenvalue weighted by Gasteiger charge is -2.36. The van der Waals surface area contributed by atoms with E-state index in [1.165, 1.54) is 87.0 Å². The maximum atomic E-state index is 2.59. The molecule has 1 aliphatic heterocycles. The minimum absolute atomic E-state index is 0.0253. The quantitative estimate of drug-likeness (QED) is 0.143. The molecular formula is C46H30BN. The first-order valence-corrected chi connectivity index (χ1v) is 16.7. The van der Waals surface area contributed by atoms with E-state index in [2.05, 4.69) is 187 Å². The Bertz CT molecular complexity index is 2810. The first kappa shape index (κ1) is 27.0. The Balaban J connectivity index is 1.27. The molecule has 222 valence electrons. The molecule has 0 unspecified atom stereocenters. The Morgan fingerprint density at radius 2 is 0.854 bits per heavy atom. The van der Waals surface area contributed by atoms with Crippen LogP contribution in [0.5, 0.6) is 0 Å². The van der Waals surface area contributed by atoms with Gasteiger partial charge >= 0.3 is 6.85 Å². The topological polar surface area (TPSA) is 3.24 Å². The fraction of sp³-hybridized carbons (Fsp3) is 0. The van der Waals surface area contributed by atoms with Gasteiger partial charge in [-0.05, 0) is 76.9 Å². The molecule has 0 amide bonds. The van der Waals surface area contributed by atoms with E-state index in [9.17, 15) is 0 Å². The van der Waals surface area contributed by atoms with Crippen molar-refractivity contribution in [3.05, 3.63) is 187 Å². The molecule has 0 aromatic heterocycles. The second-order valence-electron chi connectivity index (χ2n) is 12.8. The fourth-order valence-electron chi connectivity index (χ4n) is 8.13. The van der Waals surface area contributed by atoms with E-state index in [0.29, 0.717) is 0 Å². The predicted octanol–water partition coefficient (Wildman–Crippen LogP) is 11.5. The average Bonchev–Trinajstić information content (AvgIpc) is 3.16. The first-order valence-electron chi connectivity index (χ1n) is 16.7. The lowest BCUT2D eigenvalue weighted by molar-refractivity contribution is 1.41. The fourth-order valence-corrected chi connectivity index (χ4v) is 8.13. The molecule has 0 bridgehead atoms. The second-order valence-corrected chi connectivity index (χ2v) is 12.8. The largest absolute Gasteiger partial charge is 0.376 e. The van der Waals surface area contributed by atoms with Crippen LogP contribution in [0.2, 0.25) is 0 Å². The van der Waals surface area contributed by atoms with Crippen molar-refractivity contribution in [2.24, 2.45) is 0 Å². The van der Waals surface area contributed by atoms with Gasteiger partial charge in [0.2, 0.25) is 0 Å². The summed E-state index contributed by atoms with van der Waals surface area (Å²) in [6.07, 6.45) is 4.57. The highest BCUT2D eigenvalue weighted by molar-refractivity contribution is 6.85. The van der Waals surface area contributed by atoms with E-state index in [0.717, 1.165) is 0 Å². The van der Waals surface area contributed by atoms with Crippen molar-refractivity contribution in [1.82, 2.24) is 0 Å². The Kier molecular flexibility index (Phi) is 6.04. The maximum Gasteiger partial charge on any atom is 0.321 e. The van der Waals surface area contributed by atoms with E-state index in [1.54, 1.807) is 0 Å². The SMILES string of the molecule is C1=CB(c2cccc3c2ccc2ccccc23)N(c2cccc3c2ccc2ccccc23)C(c2cccc3c2ccc2ccccc23)=C1. The molecule has 9 aromatic rings. The molecule has 0 N–H and O–H groups in total. The monoisotopic (exact) mass is 607 g/mol. The Morgan fingerprint density at radius 3 is 1.52 bits per heavy atom. The van der Waals surface area contributed by atoms with Crippen LogP contribution in [-0.4, -0.2) is 6.85 Å². The van der Waals surface area contributed by atoms with E-state index < -0.39 is 0 Å². The number of allylic oxidation sites excluding steroid dienone is 2. The third kappa shape index (κ3) is 4.06. The number of nitrogens with zero attached hydrogens (tertiary/aromatic N) is 1. The standard InChI is InChI=1S/C46H30BN/c1-4-14-34-31(11-1)24-27-40-37(34)17-7-20-42(40)46-23-10-30-47(44-21-8-18-38-35-15-5-2-12-32(35)25-28-41(38)44)48(46)45-22-9-19-39-36-16-6-3-13-33(36)26-29-43(39)45/h1-30H. The summed E-state index contributed by atoms with van der Waals surface area (Å²) >= 11 is 0. The molecular weight excluding hydrogens is 577 g/mol. The summed E-state index contributed by atoms with van der Waals surface area (Å²) in [5.74, 6) is 2.37. The van der Waals surface area contributed by atoms with Crippen molar-refractivity contribution in [1.29, 1.82) is 0 Å². The molecule has 0 spiro atoms. The number of hydrogen-bond acceptors (Lipinski definition) is 1. The van der Waals surface area contributed by atoms with Gasteiger partial charge < -0.3 is 4.81 Å². The van der Waals surface area contributed by atoms with Gasteiger partial charge in [0.25, 0.3) is 0 Å². The first-order chi connectivity index (χ1) is 23.8. The van der Waals surface area contributed by atoms with Crippen LogP contribution < -0.4 is 10.3 Å². The molecule has 2 heteroatoms. The molecule has 1 heterocycles. The number of anilines is 1. The van der Waals surface area contributed by atoms with Gasteiger partial charge in [-0.25, -0.2) is 0 Å². The highest BCUT2D eigenvalue weighted by atomic mass is 15.1. The molecule has 0 radical (unpaired) electrons. The molecule has 0 fully saturated rings. The van der Waals surface area contributed by atoms with Crippen LogP contribution in [0.15, 0.2) is 182 Å². The summed E-state index contributed by atoms with van der Waals surface area (Å²) < 4.78 is 0. The van der Waals surface area contributed by atoms with Crippen molar-refractivity contribution in [2.45, 2.75) is 0 Å². The van der Waals surface area contributed by atoms with Crippen molar-refractivity contribution >= 4 is 88.3 Å². The summed E-state index contributed by atoms with van der Waals surface area (Å²) in [5.41, 5.74) is 4.93. The van der Waals surface area contributed by atoms with Gasteiger partial charge in [-0.3, -0.25) is 0 Å². The smallest absolute Gasteiger partial charge is 0.321 e. The van der Waals surface area contributed by atoms with Gasteiger partial charge in [-0.2, -0.15) is 0 Å². The summed E-state index contributed by atoms with van der Waals surface area (Å²) in [5, 5.41) is 15.3. The van der Waals surface area contributed by atoms with Gasteiger partial charge in [0.1, 0.15) is 0 Å². The molecule has 0 atom stereocenters. The van der Waals surface area contributed by atoms with Crippen LogP contribution in [0.25, 0.3) is 70.3 Å².